The first-order valence-corrected chi connectivity index (χ1v) is 21.4. The average molecular weight is 785 g/mol. The summed E-state index contributed by atoms with van der Waals surface area (Å²) in [5, 5.41) is 4.41. The highest BCUT2D eigenvalue weighted by Gasteiger charge is 2.56. The summed E-state index contributed by atoms with van der Waals surface area (Å²) in [7, 11) is 0. The Morgan fingerprint density at radius 3 is 1.13 bits per heavy atom. The molecule has 2 aliphatic rings. The monoisotopic (exact) mass is 784 g/mol. The van der Waals surface area contributed by atoms with Crippen molar-refractivity contribution >= 4 is 43.6 Å². The number of rotatable bonds is 4. The lowest BCUT2D eigenvalue weighted by Crippen LogP contribution is -2.27. The Morgan fingerprint density at radius 2 is 0.705 bits per heavy atom. The van der Waals surface area contributed by atoms with E-state index in [9.17, 15) is 0 Å². The number of benzene rings is 6. The molecule has 12 rings (SSSR count). The fourth-order valence-electron chi connectivity index (χ4n) is 11.1. The molecule has 2 aliphatic carbocycles. The number of hydrogen-bond donors (Lipinski definition) is 0. The van der Waals surface area contributed by atoms with Crippen LogP contribution in [-0.4, -0.2) is 19.9 Å². The van der Waals surface area contributed by atoms with Gasteiger partial charge in [0.1, 0.15) is 0 Å². The van der Waals surface area contributed by atoms with Crippen LogP contribution in [0.4, 0.5) is 0 Å². The zero-order valence-electron chi connectivity index (χ0n) is 34.9. The molecule has 61 heavy (non-hydrogen) atoms. The molecule has 4 heterocycles. The van der Waals surface area contributed by atoms with Gasteiger partial charge in [0.2, 0.25) is 0 Å². The maximum Gasteiger partial charge on any atom is 0.0972 e. The van der Waals surface area contributed by atoms with Crippen molar-refractivity contribution in [1.82, 2.24) is 19.9 Å². The Labute approximate surface area is 356 Å². The summed E-state index contributed by atoms with van der Waals surface area (Å²) >= 11 is 0. The predicted molar refractivity (Wildman–Crippen MR) is 252 cm³/mol. The van der Waals surface area contributed by atoms with Gasteiger partial charge in [0.25, 0.3) is 0 Å². The smallest absolute Gasteiger partial charge is 0.0972 e. The molecule has 4 heteroatoms. The molecule has 0 saturated heterocycles. The van der Waals surface area contributed by atoms with Crippen molar-refractivity contribution in [2.45, 2.75) is 56.8 Å². The van der Waals surface area contributed by atoms with Crippen LogP contribution >= 0.6 is 0 Å². The summed E-state index contributed by atoms with van der Waals surface area (Å²) in [6, 6.07) is 57.7. The van der Waals surface area contributed by atoms with Crippen LogP contribution in [0.15, 0.2) is 170 Å². The van der Waals surface area contributed by atoms with Crippen molar-refractivity contribution in [2.24, 2.45) is 0 Å². The second kappa shape index (κ2) is 13.0. The number of nitrogens with zero attached hydrogens (tertiary/aromatic N) is 4. The average Bonchev–Trinajstić information content (AvgIpc) is 3.67. The first-order chi connectivity index (χ1) is 29.6. The summed E-state index contributed by atoms with van der Waals surface area (Å²) < 4.78 is 0. The van der Waals surface area contributed by atoms with Gasteiger partial charge in [-0.1, -0.05) is 149 Å². The third-order valence-corrected chi connectivity index (χ3v) is 13.9. The molecule has 0 bridgehead atoms. The molecule has 4 nitrogen and oxygen atoms in total. The van der Waals surface area contributed by atoms with Crippen LogP contribution in [0.2, 0.25) is 0 Å². The zero-order chi connectivity index (χ0) is 41.1. The van der Waals surface area contributed by atoms with E-state index >= 15 is 0 Å². The van der Waals surface area contributed by atoms with Gasteiger partial charge in [-0.3, -0.25) is 9.97 Å². The molecule has 0 amide bonds. The first kappa shape index (κ1) is 35.9. The Morgan fingerprint density at radius 1 is 0.344 bits per heavy atom. The SMILES string of the molecule is CC1(C)CC2(CC(C)(C)c3ccc(-c4ccc(-c5ccc6ccc7cccnc7c6n5)cc4)cc32)c2cc(-c3ccc(-c4ccc5ccc6cccnc6c5n4)cc3)ccc21. The van der Waals surface area contributed by atoms with E-state index in [0.717, 1.165) is 79.0 Å². The lowest BCUT2D eigenvalue weighted by Gasteiger charge is -2.31. The van der Waals surface area contributed by atoms with Crippen LogP contribution in [0, 0.1) is 0 Å². The van der Waals surface area contributed by atoms with Gasteiger partial charge in [0.05, 0.1) is 33.5 Å². The molecule has 0 aliphatic heterocycles. The topological polar surface area (TPSA) is 51.6 Å². The van der Waals surface area contributed by atoms with E-state index in [2.05, 4.69) is 183 Å². The van der Waals surface area contributed by atoms with E-state index in [1.807, 2.05) is 24.5 Å². The van der Waals surface area contributed by atoms with Crippen molar-refractivity contribution in [3.8, 4) is 44.8 Å². The van der Waals surface area contributed by atoms with E-state index in [1.54, 1.807) is 0 Å². The number of pyridine rings is 4. The van der Waals surface area contributed by atoms with Crippen molar-refractivity contribution < 1.29 is 0 Å². The lowest BCUT2D eigenvalue weighted by atomic mass is 9.72. The highest BCUT2D eigenvalue weighted by molar-refractivity contribution is 6.04. The van der Waals surface area contributed by atoms with Gasteiger partial charge in [0.15, 0.2) is 0 Å². The van der Waals surface area contributed by atoms with Crippen molar-refractivity contribution in [2.75, 3.05) is 0 Å². The molecule has 0 unspecified atom stereocenters. The number of fused-ring (bicyclic) bond motifs is 10. The molecule has 6 aromatic carbocycles. The molecular formula is C57H44N4. The van der Waals surface area contributed by atoms with Gasteiger partial charge >= 0.3 is 0 Å². The van der Waals surface area contributed by atoms with E-state index in [1.165, 1.54) is 44.5 Å². The van der Waals surface area contributed by atoms with Crippen LogP contribution in [0.25, 0.3) is 88.4 Å². The maximum atomic E-state index is 5.12. The summed E-state index contributed by atoms with van der Waals surface area (Å²) in [6.07, 6.45) is 5.87. The summed E-state index contributed by atoms with van der Waals surface area (Å²) in [5.41, 5.74) is 18.7. The minimum atomic E-state index is -0.0821. The van der Waals surface area contributed by atoms with E-state index in [-0.39, 0.29) is 16.2 Å². The second-order valence-electron chi connectivity index (χ2n) is 18.7. The number of aromatic nitrogens is 4. The standard InChI is InChI=1S/C57H44N4/c1-55(2)33-57(47-31-43(21-25-45(47)55)35-9-13-37(14-10-35)49-27-23-41-19-17-39-7-5-29-58-51(39)53(41)60-49)34-56(3,4)46-26-22-44(32-48(46)57)36-11-15-38(16-12-36)50-28-24-42-20-18-40-8-6-30-59-52(40)54(42)61-50/h5-32H,33-34H2,1-4H3. The lowest BCUT2D eigenvalue weighted by molar-refractivity contribution is 0.350. The molecule has 292 valence electrons. The quantitative estimate of drug-likeness (QED) is 0.167. The first-order valence-electron chi connectivity index (χ1n) is 21.4. The highest BCUT2D eigenvalue weighted by Crippen LogP contribution is 2.63. The van der Waals surface area contributed by atoms with Crippen LogP contribution in [0.5, 0.6) is 0 Å². The predicted octanol–water partition coefficient (Wildman–Crippen LogP) is 14.2. The van der Waals surface area contributed by atoms with Gasteiger partial charge in [0, 0.05) is 50.5 Å². The molecule has 0 fully saturated rings. The summed E-state index contributed by atoms with van der Waals surface area (Å²) in [5.74, 6) is 0. The maximum absolute atomic E-state index is 5.12. The van der Waals surface area contributed by atoms with Crippen molar-refractivity contribution in [3.63, 3.8) is 0 Å². The molecule has 0 saturated carbocycles. The molecule has 4 aromatic heterocycles. The second-order valence-corrected chi connectivity index (χ2v) is 18.7. The van der Waals surface area contributed by atoms with Gasteiger partial charge in [-0.25, -0.2) is 9.97 Å². The third-order valence-electron chi connectivity index (χ3n) is 13.9. The molecule has 0 N–H and O–H groups in total. The van der Waals surface area contributed by atoms with E-state index in [0.29, 0.717) is 0 Å². The fourth-order valence-corrected chi connectivity index (χ4v) is 11.1. The summed E-state index contributed by atoms with van der Waals surface area (Å²) in [4.78, 5) is 19.6. The highest BCUT2D eigenvalue weighted by atomic mass is 14.8. The Balaban J connectivity index is 0.896. The molecule has 1 spiro atoms. The van der Waals surface area contributed by atoms with Gasteiger partial charge in [-0.2, -0.15) is 0 Å². The molecule has 10 aromatic rings. The Bertz CT molecular complexity index is 3190. The van der Waals surface area contributed by atoms with Gasteiger partial charge < -0.3 is 0 Å². The van der Waals surface area contributed by atoms with Crippen molar-refractivity contribution in [1.29, 1.82) is 0 Å². The third kappa shape index (κ3) is 5.58. The van der Waals surface area contributed by atoms with Gasteiger partial charge in [-0.15, -0.1) is 0 Å². The fraction of sp³-hybridized carbons (Fsp3) is 0.158. The van der Waals surface area contributed by atoms with Crippen LogP contribution < -0.4 is 0 Å². The largest absolute Gasteiger partial charge is 0.254 e. The van der Waals surface area contributed by atoms with Crippen LogP contribution in [0.1, 0.15) is 62.8 Å². The van der Waals surface area contributed by atoms with Crippen molar-refractivity contribution in [3.05, 3.63) is 192 Å². The zero-order valence-corrected chi connectivity index (χ0v) is 34.9. The normalized spacial score (nSPS) is 15.8. The van der Waals surface area contributed by atoms with Crippen LogP contribution in [0.3, 0.4) is 0 Å². The number of hydrogen-bond acceptors (Lipinski definition) is 4. The summed E-state index contributed by atoms with van der Waals surface area (Å²) in [6.45, 7) is 9.77. The van der Waals surface area contributed by atoms with Crippen LogP contribution in [-0.2, 0) is 16.2 Å². The minimum Gasteiger partial charge on any atom is -0.254 e. The van der Waals surface area contributed by atoms with E-state index < -0.39 is 0 Å². The molecular weight excluding hydrogens is 741 g/mol. The minimum absolute atomic E-state index is 0.0432. The van der Waals surface area contributed by atoms with Gasteiger partial charge in [-0.05, 0) is 105 Å². The van der Waals surface area contributed by atoms with E-state index in [4.69, 9.17) is 9.97 Å². The molecule has 0 atom stereocenters. The Kier molecular flexibility index (Phi) is 7.63. The molecule has 0 radical (unpaired) electrons. The Hall–Kier alpha value is -7.04.